The van der Waals surface area contributed by atoms with Crippen LogP contribution >= 0.6 is 11.3 Å². The predicted molar refractivity (Wildman–Crippen MR) is 322 cm³/mol. The number of rotatable bonds is 10. The molecule has 0 bridgehead atoms. The van der Waals surface area contributed by atoms with E-state index >= 15 is 0 Å². The summed E-state index contributed by atoms with van der Waals surface area (Å²) in [5.74, 6) is 1.53. The SMILES string of the molecule is CC(C)c1cc(-c2ccccc2)cc(C(C)C)c1-n1c(-c2[c-]ccc3c2sc2ccc(-c4ccccc4-c4ccccc4)cc23)nc2ccccc21.[2H]C([2H])([2H])c1c[c-]c(-c2cc(C([2H])([2H])C(C)(C)C)c([Si](C)(C)C)cn2)cc1.[Ir]. The van der Waals surface area contributed by atoms with Crippen molar-refractivity contribution in [3.05, 3.63) is 217 Å². The predicted octanol–water partition coefficient (Wildman–Crippen LogP) is 19.1. The number of benzene rings is 8. The summed E-state index contributed by atoms with van der Waals surface area (Å²) in [7, 11) is -1.81. The largest absolute Gasteiger partial charge is 0.333 e. The van der Waals surface area contributed by atoms with E-state index in [1.165, 1.54) is 76.4 Å². The molecule has 0 saturated carbocycles. The molecule has 1 radical (unpaired) electrons. The first-order chi connectivity index (χ1) is 37.5. The number of para-hydroxylation sites is 2. The fourth-order valence-corrected chi connectivity index (χ4v) is 12.6. The van der Waals surface area contributed by atoms with Crippen molar-refractivity contribution in [2.45, 2.75) is 93.2 Å². The van der Waals surface area contributed by atoms with Gasteiger partial charge < -0.3 is 9.55 Å². The maximum absolute atomic E-state index is 8.79. The van der Waals surface area contributed by atoms with Crippen molar-refractivity contribution >= 4 is 55.8 Å². The summed E-state index contributed by atoms with van der Waals surface area (Å²) in [6.45, 7) is 19.3. The number of fused-ring (bicyclic) bond motifs is 4. The van der Waals surface area contributed by atoms with E-state index in [1.54, 1.807) is 18.3 Å². The normalized spacial score (nSPS) is 13.2. The first-order valence-electron chi connectivity index (χ1n) is 28.3. The van der Waals surface area contributed by atoms with E-state index in [1.807, 2.05) is 38.2 Å². The first kappa shape index (κ1) is 47.0. The Labute approximate surface area is 471 Å². The van der Waals surface area contributed by atoms with Crippen LogP contribution in [0.4, 0.5) is 0 Å². The summed E-state index contributed by atoms with van der Waals surface area (Å²) < 4.78 is 44.9. The Bertz CT molecular complexity index is 3970. The molecule has 0 atom stereocenters. The van der Waals surface area contributed by atoms with Crippen LogP contribution in [0.15, 0.2) is 182 Å². The van der Waals surface area contributed by atoms with Crippen molar-refractivity contribution in [2.75, 3.05) is 0 Å². The van der Waals surface area contributed by atoms with Crippen LogP contribution < -0.4 is 5.19 Å². The molecule has 379 valence electrons. The van der Waals surface area contributed by atoms with Gasteiger partial charge in [0, 0.05) is 43.5 Å². The standard InChI is InChI=1S/C49H39N2S.C20H28NSi.Ir/c1-31(2)41-29-36(33-16-7-5-8-17-33)30-42(32(3)4)47(41)51-45-25-14-13-24-44(45)50-49(51)40-23-15-22-39-43-28-35(26-27-46(43)52-48(39)40)38-21-12-11-20-37(38)34-18-9-6-10-19-34;1-15-8-10-16(11-9-15)18-12-17(13-20(2,3)4)19(14-21-18)22(5,6)7;/h5-22,24-32H,1-4H3;8-10,12,14H,13H2,1-7H3;/q2*-1;/i;1D3,13D2;. The van der Waals surface area contributed by atoms with Crippen LogP contribution in [0.1, 0.15) is 89.4 Å². The summed E-state index contributed by atoms with van der Waals surface area (Å²) in [4.78, 5) is 9.97. The van der Waals surface area contributed by atoms with Crippen LogP contribution in [0.2, 0.25) is 19.6 Å². The Morgan fingerprint density at radius 1 is 0.667 bits per heavy atom. The molecule has 0 saturated heterocycles. The van der Waals surface area contributed by atoms with Gasteiger partial charge in [0.25, 0.3) is 0 Å². The smallest absolute Gasteiger partial charge is 0.0798 e. The summed E-state index contributed by atoms with van der Waals surface area (Å²) in [5.41, 5.74) is 16.0. The minimum absolute atomic E-state index is 0. The van der Waals surface area contributed by atoms with Gasteiger partial charge >= 0.3 is 0 Å². The molecule has 0 aliphatic carbocycles. The Hall–Kier alpha value is -6.53. The topological polar surface area (TPSA) is 30.7 Å². The molecule has 3 aromatic heterocycles. The molecule has 8 aromatic carbocycles. The van der Waals surface area contributed by atoms with Gasteiger partial charge in [-0.1, -0.05) is 201 Å². The van der Waals surface area contributed by atoms with E-state index in [4.69, 9.17) is 11.8 Å². The first-order valence-corrected chi connectivity index (χ1v) is 30.1. The van der Waals surface area contributed by atoms with Gasteiger partial charge in [-0.3, -0.25) is 4.98 Å². The Kier molecular flexibility index (Phi) is 13.8. The zero-order valence-electron chi connectivity index (χ0n) is 49.6. The van der Waals surface area contributed by atoms with Crippen LogP contribution in [0.3, 0.4) is 0 Å². The zero-order valence-corrected chi connectivity index (χ0v) is 48.8. The number of pyridine rings is 1. The van der Waals surface area contributed by atoms with E-state index in [0.717, 1.165) is 27.6 Å². The Balaban J connectivity index is 0.000000235. The van der Waals surface area contributed by atoms with Gasteiger partial charge in [-0.2, -0.15) is 11.3 Å². The molecule has 11 rings (SSSR count). The summed E-state index contributed by atoms with van der Waals surface area (Å²) in [6, 6.07) is 68.0. The summed E-state index contributed by atoms with van der Waals surface area (Å²) in [6.07, 6.45) is 0.269. The molecule has 3 heterocycles. The molecule has 11 aromatic rings. The van der Waals surface area contributed by atoms with Crippen molar-refractivity contribution in [2.24, 2.45) is 5.41 Å². The van der Waals surface area contributed by atoms with Crippen molar-refractivity contribution in [1.82, 2.24) is 14.5 Å². The number of aromatic nitrogens is 3. The van der Waals surface area contributed by atoms with Crippen LogP contribution in [0, 0.1) is 24.4 Å². The van der Waals surface area contributed by atoms with Crippen molar-refractivity contribution in [3.63, 3.8) is 0 Å². The van der Waals surface area contributed by atoms with Gasteiger partial charge in [0.2, 0.25) is 0 Å². The van der Waals surface area contributed by atoms with Gasteiger partial charge in [0.05, 0.1) is 24.9 Å². The van der Waals surface area contributed by atoms with E-state index in [-0.39, 0.29) is 25.7 Å². The number of imidazole rings is 1. The van der Waals surface area contributed by atoms with Gasteiger partial charge in [-0.25, -0.2) is 0 Å². The molecule has 0 spiro atoms. The molecule has 3 nitrogen and oxygen atoms in total. The van der Waals surface area contributed by atoms with Crippen molar-refractivity contribution in [3.8, 4) is 61.7 Å². The molecule has 0 aliphatic heterocycles. The number of aryl methyl sites for hydroxylation is 1. The second-order valence-electron chi connectivity index (χ2n) is 22.0. The van der Waals surface area contributed by atoms with E-state index in [2.05, 4.69) is 221 Å². The van der Waals surface area contributed by atoms with Gasteiger partial charge in [0.15, 0.2) is 0 Å². The third kappa shape index (κ3) is 11.2. The van der Waals surface area contributed by atoms with Crippen molar-refractivity contribution in [1.29, 1.82) is 0 Å². The van der Waals surface area contributed by atoms with Crippen LogP contribution in [-0.4, -0.2) is 22.6 Å². The van der Waals surface area contributed by atoms with Gasteiger partial charge in [0.1, 0.15) is 0 Å². The molecule has 0 fully saturated rings. The molecule has 0 amide bonds. The average Bonchev–Trinajstić information content (AvgIpc) is 4.11. The van der Waals surface area contributed by atoms with Crippen molar-refractivity contribution < 1.29 is 27.0 Å². The average molecular weight is 1200 g/mol. The van der Waals surface area contributed by atoms with Gasteiger partial charge in [-0.05, 0) is 125 Å². The van der Waals surface area contributed by atoms with E-state index < -0.39 is 26.7 Å². The molecular formula is C69H67IrN3SSi-2. The third-order valence-corrected chi connectivity index (χ3v) is 16.8. The third-order valence-electron chi connectivity index (χ3n) is 13.6. The number of thiophene rings is 1. The Morgan fingerprint density at radius 2 is 1.31 bits per heavy atom. The second kappa shape index (κ2) is 22.0. The minimum atomic E-state index is -2.17. The fraction of sp³-hybridized carbons (Fsp3) is 0.217. The minimum Gasteiger partial charge on any atom is -0.333 e. The number of hydrogen-bond donors (Lipinski definition) is 0. The quantitative estimate of drug-likeness (QED) is 0.101. The summed E-state index contributed by atoms with van der Waals surface area (Å²) >= 11 is 1.84. The summed E-state index contributed by atoms with van der Waals surface area (Å²) in [5, 5.41) is 3.50. The number of hydrogen-bond acceptors (Lipinski definition) is 3. The zero-order chi connectivity index (χ0) is 56.2. The molecular weight excluding hydrogens is 1120 g/mol. The molecule has 0 unspecified atom stereocenters. The fourth-order valence-electron chi connectivity index (χ4n) is 10.0. The molecule has 6 heteroatoms. The van der Waals surface area contributed by atoms with Gasteiger partial charge in [-0.15, -0.1) is 53.6 Å². The maximum Gasteiger partial charge on any atom is 0.0798 e. The second-order valence-corrected chi connectivity index (χ2v) is 28.1. The monoisotopic (exact) mass is 1200 g/mol. The molecule has 0 aliphatic rings. The Morgan fingerprint density at radius 3 is 1.93 bits per heavy atom. The molecule has 0 N–H and O–H groups in total. The molecule has 75 heavy (non-hydrogen) atoms. The van der Waals surface area contributed by atoms with Crippen LogP contribution in [-0.2, 0) is 26.5 Å². The van der Waals surface area contributed by atoms with E-state index in [9.17, 15) is 0 Å². The van der Waals surface area contributed by atoms with Crippen LogP contribution in [0.5, 0.6) is 0 Å². The number of nitrogens with zero attached hydrogens (tertiary/aromatic N) is 3. The van der Waals surface area contributed by atoms with Crippen LogP contribution in [0.25, 0.3) is 92.9 Å². The van der Waals surface area contributed by atoms with E-state index in [0.29, 0.717) is 28.7 Å². The maximum atomic E-state index is 8.79.